The van der Waals surface area contributed by atoms with Gasteiger partial charge in [0.25, 0.3) is 0 Å². The van der Waals surface area contributed by atoms with Crippen molar-refractivity contribution in [2.24, 2.45) is 0 Å². The molecule has 0 spiro atoms. The standard InChI is InChI=1S/C6H12O6S/c1-6(11,5(10)12-13)4(9)3(8)2-7/h3-4,7-9,11,13H,2H2,1H3. The average Bonchev–Trinajstić information content (AvgIpc) is 2.13. The summed E-state index contributed by atoms with van der Waals surface area (Å²) in [5, 5.41) is 35.8. The molecule has 4 N–H and O–H groups in total. The first-order valence-corrected chi connectivity index (χ1v) is 3.79. The minimum absolute atomic E-state index is 0.781. The first-order chi connectivity index (χ1) is 5.87. The summed E-state index contributed by atoms with van der Waals surface area (Å²) in [6.07, 6.45) is -3.46. The van der Waals surface area contributed by atoms with Crippen molar-refractivity contribution in [1.82, 2.24) is 0 Å². The van der Waals surface area contributed by atoms with Crippen molar-refractivity contribution in [3.8, 4) is 0 Å². The van der Waals surface area contributed by atoms with Crippen molar-refractivity contribution in [2.45, 2.75) is 24.7 Å². The lowest BCUT2D eigenvalue weighted by atomic mass is 9.95. The fraction of sp³-hybridized carbons (Fsp3) is 0.833. The Kier molecular flexibility index (Phi) is 4.65. The van der Waals surface area contributed by atoms with Crippen LogP contribution in [0.3, 0.4) is 0 Å². The number of rotatable bonds is 4. The summed E-state index contributed by atoms with van der Waals surface area (Å²) in [5.41, 5.74) is -2.30. The monoisotopic (exact) mass is 212 g/mol. The lowest BCUT2D eigenvalue weighted by molar-refractivity contribution is -0.175. The third kappa shape index (κ3) is 2.82. The minimum atomic E-state index is -2.30. The molecule has 0 rings (SSSR count). The molecule has 0 saturated heterocycles. The third-order valence-electron chi connectivity index (χ3n) is 1.62. The lowest BCUT2D eigenvalue weighted by Crippen LogP contribution is -2.53. The van der Waals surface area contributed by atoms with E-state index in [1.165, 1.54) is 0 Å². The Morgan fingerprint density at radius 1 is 1.62 bits per heavy atom. The Labute approximate surface area is 80.4 Å². The first-order valence-electron chi connectivity index (χ1n) is 3.43. The summed E-state index contributed by atoms with van der Waals surface area (Å²) in [7, 11) is 0. The number of aliphatic hydroxyl groups is 4. The van der Waals surface area contributed by atoms with Crippen LogP contribution in [-0.4, -0.2) is 50.8 Å². The molecule has 78 valence electrons. The van der Waals surface area contributed by atoms with Crippen LogP contribution in [0.5, 0.6) is 0 Å². The molecule has 0 bridgehead atoms. The van der Waals surface area contributed by atoms with E-state index in [0.717, 1.165) is 6.92 Å². The fourth-order valence-electron chi connectivity index (χ4n) is 0.688. The van der Waals surface area contributed by atoms with Gasteiger partial charge in [-0.2, -0.15) is 0 Å². The summed E-state index contributed by atoms with van der Waals surface area (Å²) in [4.78, 5) is 10.8. The summed E-state index contributed by atoms with van der Waals surface area (Å²) in [5.74, 6) is -1.21. The molecule has 0 saturated carbocycles. The quantitative estimate of drug-likeness (QED) is 0.268. The van der Waals surface area contributed by atoms with E-state index < -0.39 is 30.4 Å². The van der Waals surface area contributed by atoms with Gasteiger partial charge in [0.15, 0.2) is 5.60 Å². The largest absolute Gasteiger partial charge is 0.394 e. The highest BCUT2D eigenvalue weighted by molar-refractivity contribution is 7.75. The molecular weight excluding hydrogens is 200 g/mol. The van der Waals surface area contributed by atoms with Crippen molar-refractivity contribution in [1.29, 1.82) is 0 Å². The molecule has 0 amide bonds. The molecule has 0 fully saturated rings. The molecule has 0 aliphatic rings. The van der Waals surface area contributed by atoms with Gasteiger partial charge in [0, 0.05) is 12.9 Å². The SMILES string of the molecule is CC(O)(C(=O)OS)C(O)C(O)CO. The predicted molar refractivity (Wildman–Crippen MR) is 44.8 cm³/mol. The van der Waals surface area contributed by atoms with Gasteiger partial charge < -0.3 is 24.6 Å². The second kappa shape index (κ2) is 4.77. The number of hydrogen-bond acceptors (Lipinski definition) is 7. The normalized spacial score (nSPS) is 20.2. The molecule has 0 aromatic heterocycles. The number of thiol groups is 1. The van der Waals surface area contributed by atoms with E-state index >= 15 is 0 Å². The van der Waals surface area contributed by atoms with Gasteiger partial charge in [-0.3, -0.25) is 0 Å². The molecule has 3 atom stereocenters. The predicted octanol–water partition coefficient (Wildman–Crippen LogP) is -2.16. The number of hydrogen-bond donors (Lipinski definition) is 5. The van der Waals surface area contributed by atoms with Crippen LogP contribution in [0, 0.1) is 0 Å². The molecular formula is C6H12O6S. The van der Waals surface area contributed by atoms with Crippen LogP contribution >= 0.6 is 12.9 Å². The molecule has 0 heterocycles. The van der Waals surface area contributed by atoms with Crippen molar-refractivity contribution < 1.29 is 29.4 Å². The van der Waals surface area contributed by atoms with E-state index in [9.17, 15) is 9.90 Å². The summed E-state index contributed by atoms with van der Waals surface area (Å²) < 4.78 is 3.88. The van der Waals surface area contributed by atoms with Crippen molar-refractivity contribution in [3.05, 3.63) is 0 Å². The fourth-order valence-corrected chi connectivity index (χ4v) is 0.872. The maximum Gasteiger partial charge on any atom is 0.352 e. The lowest BCUT2D eigenvalue weighted by Gasteiger charge is -2.28. The van der Waals surface area contributed by atoms with E-state index in [0.29, 0.717) is 0 Å². The van der Waals surface area contributed by atoms with Gasteiger partial charge in [-0.25, -0.2) is 4.79 Å². The van der Waals surface area contributed by atoms with Gasteiger partial charge >= 0.3 is 5.97 Å². The molecule has 0 aromatic carbocycles. The van der Waals surface area contributed by atoms with Crippen LogP contribution in [0.1, 0.15) is 6.92 Å². The zero-order valence-corrected chi connectivity index (χ0v) is 7.81. The Balaban J connectivity index is 4.52. The minimum Gasteiger partial charge on any atom is -0.394 e. The van der Waals surface area contributed by atoms with Crippen LogP contribution in [-0.2, 0) is 8.98 Å². The Morgan fingerprint density at radius 2 is 2.08 bits per heavy atom. The molecule has 13 heavy (non-hydrogen) atoms. The van der Waals surface area contributed by atoms with Crippen LogP contribution in [0.4, 0.5) is 0 Å². The first kappa shape index (κ1) is 12.7. The Bertz CT molecular complexity index is 182. The topological polar surface area (TPSA) is 107 Å². The molecule has 0 radical (unpaired) electrons. The summed E-state index contributed by atoms with van der Waals surface area (Å²) in [6.45, 7) is 0.159. The van der Waals surface area contributed by atoms with Crippen LogP contribution in [0.25, 0.3) is 0 Å². The van der Waals surface area contributed by atoms with E-state index in [2.05, 4.69) is 17.1 Å². The maximum atomic E-state index is 10.8. The molecule has 0 aromatic rings. The highest BCUT2D eigenvalue weighted by atomic mass is 32.1. The zero-order valence-electron chi connectivity index (χ0n) is 6.91. The van der Waals surface area contributed by atoms with E-state index in [1.807, 2.05) is 0 Å². The van der Waals surface area contributed by atoms with Gasteiger partial charge in [0.05, 0.1) is 6.61 Å². The van der Waals surface area contributed by atoms with Crippen LogP contribution in [0.2, 0.25) is 0 Å². The second-order valence-corrected chi connectivity index (χ2v) is 2.90. The molecule has 0 aliphatic carbocycles. The smallest absolute Gasteiger partial charge is 0.352 e. The maximum absolute atomic E-state index is 10.8. The molecule has 7 heteroatoms. The van der Waals surface area contributed by atoms with Gasteiger partial charge in [-0.1, -0.05) is 0 Å². The third-order valence-corrected chi connectivity index (χ3v) is 1.79. The number of aliphatic hydroxyl groups excluding tert-OH is 3. The van der Waals surface area contributed by atoms with Gasteiger partial charge in [-0.05, 0) is 6.92 Å². The zero-order chi connectivity index (χ0) is 10.6. The van der Waals surface area contributed by atoms with Crippen LogP contribution < -0.4 is 0 Å². The Hall–Kier alpha value is -0.340. The summed E-state index contributed by atoms with van der Waals surface area (Å²) in [6, 6.07) is 0. The van der Waals surface area contributed by atoms with Crippen molar-refractivity contribution in [2.75, 3.05) is 6.61 Å². The number of carbonyl (C=O) groups excluding carboxylic acids is 1. The van der Waals surface area contributed by atoms with Crippen molar-refractivity contribution >= 4 is 18.9 Å². The molecule has 0 aliphatic heterocycles. The van der Waals surface area contributed by atoms with Gasteiger partial charge in [0.2, 0.25) is 0 Å². The number of carbonyl (C=O) groups is 1. The summed E-state index contributed by atoms with van der Waals surface area (Å²) >= 11 is 3.14. The van der Waals surface area contributed by atoms with Crippen molar-refractivity contribution in [3.63, 3.8) is 0 Å². The second-order valence-electron chi connectivity index (χ2n) is 2.72. The average molecular weight is 212 g/mol. The Morgan fingerprint density at radius 3 is 2.38 bits per heavy atom. The van der Waals surface area contributed by atoms with E-state index in [-0.39, 0.29) is 0 Å². The van der Waals surface area contributed by atoms with E-state index in [4.69, 9.17) is 15.3 Å². The molecule has 6 nitrogen and oxygen atoms in total. The highest BCUT2D eigenvalue weighted by Crippen LogP contribution is 2.15. The molecule has 3 unspecified atom stereocenters. The van der Waals surface area contributed by atoms with Gasteiger partial charge in [0.1, 0.15) is 12.2 Å². The van der Waals surface area contributed by atoms with Gasteiger partial charge in [-0.15, -0.1) is 0 Å². The highest BCUT2D eigenvalue weighted by Gasteiger charge is 2.43. The van der Waals surface area contributed by atoms with Crippen LogP contribution in [0.15, 0.2) is 0 Å². The van der Waals surface area contributed by atoms with E-state index in [1.54, 1.807) is 0 Å².